The number of carbonyl (C=O) groups excluding carboxylic acids is 1. The summed E-state index contributed by atoms with van der Waals surface area (Å²) in [5.41, 5.74) is 0. The number of rotatable bonds is 14. The van der Waals surface area contributed by atoms with Crippen molar-refractivity contribution < 1.29 is 9.53 Å². The quantitative estimate of drug-likeness (QED) is 0.300. The fourth-order valence-electron chi connectivity index (χ4n) is 3.74. The molecule has 1 aliphatic heterocycles. The first kappa shape index (κ1) is 21.5. The third-order valence-corrected chi connectivity index (χ3v) is 5.22. The third kappa shape index (κ3) is 9.66. The van der Waals surface area contributed by atoms with Gasteiger partial charge in [-0.2, -0.15) is 0 Å². The van der Waals surface area contributed by atoms with Crippen LogP contribution in [0.5, 0.6) is 0 Å². The molecule has 0 aromatic heterocycles. The molecule has 1 unspecified atom stereocenters. The lowest BCUT2D eigenvalue weighted by Crippen LogP contribution is -2.44. The van der Waals surface area contributed by atoms with E-state index in [2.05, 4.69) is 11.8 Å². The van der Waals surface area contributed by atoms with Gasteiger partial charge in [0.25, 0.3) is 0 Å². The van der Waals surface area contributed by atoms with Crippen LogP contribution in [-0.4, -0.2) is 36.6 Å². The van der Waals surface area contributed by atoms with E-state index >= 15 is 0 Å². The molecule has 0 amide bonds. The molecule has 0 spiro atoms. The minimum Gasteiger partial charge on any atom is -0.465 e. The number of hydrogen-bond acceptors (Lipinski definition) is 3. The van der Waals surface area contributed by atoms with Crippen LogP contribution in [0.15, 0.2) is 0 Å². The van der Waals surface area contributed by atoms with E-state index in [0.717, 1.165) is 25.9 Å². The number of piperidine rings is 1. The average Bonchev–Trinajstić information content (AvgIpc) is 2.60. The molecule has 24 heavy (non-hydrogen) atoms. The second-order valence-electron chi connectivity index (χ2n) is 7.34. The van der Waals surface area contributed by atoms with E-state index in [0.29, 0.717) is 6.61 Å². The molecule has 0 aliphatic carbocycles. The predicted octanol–water partition coefficient (Wildman–Crippen LogP) is 5.72. The SMILES string of the molecule is CCCCCCCCCCCCC(C(=O)OCC)N1CCCCC1. The lowest BCUT2D eigenvalue weighted by Gasteiger charge is -2.33. The van der Waals surface area contributed by atoms with Gasteiger partial charge in [-0.05, 0) is 39.3 Å². The highest BCUT2D eigenvalue weighted by Crippen LogP contribution is 2.19. The summed E-state index contributed by atoms with van der Waals surface area (Å²) in [5, 5.41) is 0. The van der Waals surface area contributed by atoms with Gasteiger partial charge in [-0.25, -0.2) is 0 Å². The van der Waals surface area contributed by atoms with Gasteiger partial charge in [-0.15, -0.1) is 0 Å². The van der Waals surface area contributed by atoms with Crippen molar-refractivity contribution in [3.05, 3.63) is 0 Å². The Balaban J connectivity index is 2.12. The Morgan fingerprint density at radius 2 is 1.38 bits per heavy atom. The lowest BCUT2D eigenvalue weighted by molar-refractivity contribution is -0.150. The van der Waals surface area contributed by atoms with Crippen molar-refractivity contribution in [1.29, 1.82) is 0 Å². The summed E-state index contributed by atoms with van der Waals surface area (Å²) in [5.74, 6) is 0.00956. The van der Waals surface area contributed by atoms with Gasteiger partial charge in [0.15, 0.2) is 0 Å². The van der Waals surface area contributed by atoms with Crippen LogP contribution >= 0.6 is 0 Å². The molecule has 0 aromatic carbocycles. The minimum atomic E-state index is 0.00956. The van der Waals surface area contributed by atoms with Crippen LogP contribution in [0.1, 0.15) is 104 Å². The number of hydrogen-bond donors (Lipinski definition) is 0. The molecular weight excluding hydrogens is 298 g/mol. The first-order valence-electron chi connectivity index (χ1n) is 10.7. The molecule has 0 aromatic rings. The largest absolute Gasteiger partial charge is 0.465 e. The van der Waals surface area contributed by atoms with Gasteiger partial charge in [0.1, 0.15) is 6.04 Å². The average molecular weight is 340 g/mol. The number of unbranched alkanes of at least 4 members (excludes halogenated alkanes) is 9. The predicted molar refractivity (Wildman–Crippen MR) is 102 cm³/mol. The Labute approximate surface area is 150 Å². The number of nitrogens with zero attached hydrogens (tertiary/aromatic N) is 1. The molecule has 1 aliphatic rings. The van der Waals surface area contributed by atoms with E-state index in [1.165, 1.54) is 77.0 Å². The Morgan fingerprint density at radius 1 is 0.833 bits per heavy atom. The maximum Gasteiger partial charge on any atom is 0.323 e. The first-order chi connectivity index (χ1) is 11.8. The second-order valence-corrected chi connectivity index (χ2v) is 7.34. The van der Waals surface area contributed by atoms with Crippen molar-refractivity contribution in [2.75, 3.05) is 19.7 Å². The highest BCUT2D eigenvalue weighted by Gasteiger charge is 2.27. The molecule has 1 saturated heterocycles. The van der Waals surface area contributed by atoms with Gasteiger partial charge in [0.2, 0.25) is 0 Å². The minimum absolute atomic E-state index is 0.00956. The lowest BCUT2D eigenvalue weighted by atomic mass is 10.0. The molecule has 1 fully saturated rings. The van der Waals surface area contributed by atoms with Crippen molar-refractivity contribution in [2.45, 2.75) is 110 Å². The Bertz CT molecular complexity index is 300. The second kappa shape index (κ2) is 14.7. The van der Waals surface area contributed by atoms with E-state index in [-0.39, 0.29) is 12.0 Å². The van der Waals surface area contributed by atoms with Crippen LogP contribution < -0.4 is 0 Å². The molecule has 0 bridgehead atoms. The van der Waals surface area contributed by atoms with Crippen molar-refractivity contribution in [1.82, 2.24) is 4.90 Å². The maximum absolute atomic E-state index is 12.3. The first-order valence-corrected chi connectivity index (χ1v) is 10.7. The zero-order valence-electron chi connectivity index (χ0n) is 16.4. The zero-order valence-corrected chi connectivity index (χ0v) is 16.4. The Kier molecular flexibility index (Phi) is 13.2. The molecule has 3 heteroatoms. The van der Waals surface area contributed by atoms with Crippen molar-refractivity contribution >= 4 is 5.97 Å². The topological polar surface area (TPSA) is 29.5 Å². The van der Waals surface area contributed by atoms with Crippen molar-refractivity contribution in [2.24, 2.45) is 0 Å². The smallest absolute Gasteiger partial charge is 0.323 e. The van der Waals surface area contributed by atoms with Crippen LogP contribution in [0.2, 0.25) is 0 Å². The molecule has 0 saturated carbocycles. The van der Waals surface area contributed by atoms with E-state index in [9.17, 15) is 4.79 Å². The van der Waals surface area contributed by atoms with E-state index < -0.39 is 0 Å². The summed E-state index contributed by atoms with van der Waals surface area (Å²) in [4.78, 5) is 14.6. The Hall–Kier alpha value is -0.570. The molecule has 1 heterocycles. The molecule has 0 radical (unpaired) electrons. The van der Waals surface area contributed by atoms with Crippen molar-refractivity contribution in [3.63, 3.8) is 0 Å². The maximum atomic E-state index is 12.3. The highest BCUT2D eigenvalue weighted by molar-refractivity contribution is 5.75. The van der Waals surface area contributed by atoms with E-state index in [1.54, 1.807) is 0 Å². The summed E-state index contributed by atoms with van der Waals surface area (Å²) < 4.78 is 5.32. The van der Waals surface area contributed by atoms with Gasteiger partial charge in [0, 0.05) is 0 Å². The summed E-state index contributed by atoms with van der Waals surface area (Å²) in [7, 11) is 0. The van der Waals surface area contributed by atoms with E-state index in [1.807, 2.05) is 6.92 Å². The molecular formula is C21H41NO2. The Morgan fingerprint density at radius 3 is 1.92 bits per heavy atom. The number of carbonyl (C=O) groups is 1. The standard InChI is InChI=1S/C21H41NO2/c1-3-5-6-7-8-9-10-11-12-14-17-20(21(23)24-4-2)22-18-15-13-16-19-22/h20H,3-19H2,1-2H3. The number of esters is 1. The van der Waals surface area contributed by atoms with E-state index in [4.69, 9.17) is 4.74 Å². The van der Waals surface area contributed by atoms with Gasteiger partial charge in [-0.3, -0.25) is 9.69 Å². The van der Waals surface area contributed by atoms with Crippen molar-refractivity contribution in [3.8, 4) is 0 Å². The molecule has 1 atom stereocenters. The third-order valence-electron chi connectivity index (χ3n) is 5.22. The fourth-order valence-corrected chi connectivity index (χ4v) is 3.74. The summed E-state index contributed by atoms with van der Waals surface area (Å²) in [6.45, 7) is 6.82. The van der Waals surface area contributed by atoms with Crippen LogP contribution in [0.25, 0.3) is 0 Å². The highest BCUT2D eigenvalue weighted by atomic mass is 16.5. The van der Waals surface area contributed by atoms with Crippen LogP contribution in [0.3, 0.4) is 0 Å². The van der Waals surface area contributed by atoms with Crippen LogP contribution in [0.4, 0.5) is 0 Å². The monoisotopic (exact) mass is 339 g/mol. The normalized spacial score (nSPS) is 16.9. The van der Waals surface area contributed by atoms with Gasteiger partial charge in [-0.1, -0.05) is 77.6 Å². The van der Waals surface area contributed by atoms with Crippen LogP contribution in [-0.2, 0) is 9.53 Å². The summed E-state index contributed by atoms with van der Waals surface area (Å²) in [6.07, 6.45) is 18.2. The summed E-state index contributed by atoms with van der Waals surface area (Å²) in [6, 6.07) is 0.0132. The van der Waals surface area contributed by atoms with Gasteiger partial charge >= 0.3 is 5.97 Å². The molecule has 142 valence electrons. The fraction of sp³-hybridized carbons (Fsp3) is 0.952. The van der Waals surface area contributed by atoms with Gasteiger partial charge in [0.05, 0.1) is 6.61 Å². The molecule has 0 N–H and O–H groups in total. The zero-order chi connectivity index (χ0) is 17.5. The number of ether oxygens (including phenoxy) is 1. The molecule has 3 nitrogen and oxygen atoms in total. The summed E-state index contributed by atoms with van der Waals surface area (Å²) >= 11 is 0. The number of likely N-dealkylation sites (tertiary alicyclic amines) is 1. The van der Waals surface area contributed by atoms with Gasteiger partial charge < -0.3 is 4.74 Å². The van der Waals surface area contributed by atoms with Crippen LogP contribution in [0, 0.1) is 0 Å². The molecule has 1 rings (SSSR count).